The highest BCUT2D eigenvalue weighted by Crippen LogP contribution is 2.38. The maximum Gasteiger partial charge on any atom is 0.410 e. The minimum Gasteiger partial charge on any atom is -0.493 e. The van der Waals surface area contributed by atoms with Crippen molar-refractivity contribution in [1.82, 2.24) is 4.90 Å². The second-order valence-corrected chi connectivity index (χ2v) is 8.35. The minimum absolute atomic E-state index is 0.128. The number of halogens is 1. The third-order valence-electron chi connectivity index (χ3n) is 5.52. The van der Waals surface area contributed by atoms with E-state index in [1.165, 1.54) is 6.07 Å². The number of amides is 1. The summed E-state index contributed by atoms with van der Waals surface area (Å²) < 4.78 is 25.8. The van der Waals surface area contributed by atoms with Crippen molar-refractivity contribution in [2.24, 2.45) is 5.92 Å². The summed E-state index contributed by atoms with van der Waals surface area (Å²) in [5.74, 6) is -0.222. The SMILES string of the molecule is CCOc1ccc(CC(=O)O)cc1-c1ccc(F)c2c1CN(C(=O)OCCC(C)C)CC2. The van der Waals surface area contributed by atoms with Gasteiger partial charge in [-0.05, 0) is 66.1 Å². The molecule has 0 saturated carbocycles. The zero-order valence-electron chi connectivity index (χ0n) is 18.8. The maximum atomic E-state index is 14.6. The fourth-order valence-electron chi connectivity index (χ4n) is 3.87. The number of benzene rings is 2. The van der Waals surface area contributed by atoms with Crippen molar-refractivity contribution >= 4 is 12.1 Å². The lowest BCUT2D eigenvalue weighted by atomic mass is 9.89. The number of carboxylic acid groups (broad SMARTS) is 1. The summed E-state index contributed by atoms with van der Waals surface area (Å²) in [5, 5.41) is 9.19. The number of carbonyl (C=O) groups is 2. The lowest BCUT2D eigenvalue weighted by Crippen LogP contribution is -2.37. The molecule has 0 aromatic heterocycles. The first-order valence-corrected chi connectivity index (χ1v) is 11.0. The summed E-state index contributed by atoms with van der Waals surface area (Å²) in [6.07, 6.45) is 0.630. The van der Waals surface area contributed by atoms with E-state index in [-0.39, 0.29) is 18.8 Å². The van der Waals surface area contributed by atoms with Gasteiger partial charge in [0.25, 0.3) is 0 Å². The number of nitrogens with zero attached hydrogens (tertiary/aromatic N) is 1. The molecule has 1 aliphatic rings. The molecule has 0 unspecified atom stereocenters. The van der Waals surface area contributed by atoms with Crippen LogP contribution in [0.25, 0.3) is 11.1 Å². The molecule has 0 spiro atoms. The number of carbonyl (C=O) groups excluding carboxylic acids is 1. The quantitative estimate of drug-likeness (QED) is 0.617. The van der Waals surface area contributed by atoms with Crippen LogP contribution >= 0.6 is 0 Å². The molecule has 0 radical (unpaired) electrons. The van der Waals surface area contributed by atoms with Gasteiger partial charge in [0.05, 0.1) is 19.6 Å². The van der Waals surface area contributed by atoms with Crippen molar-refractivity contribution in [3.63, 3.8) is 0 Å². The van der Waals surface area contributed by atoms with Gasteiger partial charge >= 0.3 is 12.1 Å². The summed E-state index contributed by atoms with van der Waals surface area (Å²) in [4.78, 5) is 25.4. The molecular weight excluding hydrogens is 413 g/mol. The molecule has 172 valence electrons. The highest BCUT2D eigenvalue weighted by Gasteiger charge is 2.27. The van der Waals surface area contributed by atoms with Gasteiger partial charge in [-0.15, -0.1) is 0 Å². The number of fused-ring (bicyclic) bond motifs is 1. The number of ether oxygens (including phenoxy) is 2. The van der Waals surface area contributed by atoms with E-state index in [2.05, 4.69) is 13.8 Å². The molecule has 2 aromatic rings. The van der Waals surface area contributed by atoms with Gasteiger partial charge in [-0.3, -0.25) is 4.79 Å². The number of hydrogen-bond acceptors (Lipinski definition) is 4. The van der Waals surface area contributed by atoms with E-state index in [0.717, 1.165) is 12.0 Å². The van der Waals surface area contributed by atoms with Gasteiger partial charge in [0.2, 0.25) is 0 Å². The highest BCUT2D eigenvalue weighted by atomic mass is 19.1. The molecule has 1 amide bonds. The first-order chi connectivity index (χ1) is 15.3. The Kier molecular flexibility index (Phi) is 7.72. The topological polar surface area (TPSA) is 76.1 Å². The molecule has 7 heteroatoms. The lowest BCUT2D eigenvalue weighted by Gasteiger charge is -2.30. The summed E-state index contributed by atoms with van der Waals surface area (Å²) in [6.45, 7) is 7.38. The van der Waals surface area contributed by atoms with Crippen LogP contribution in [0.3, 0.4) is 0 Å². The van der Waals surface area contributed by atoms with Crippen LogP contribution in [0, 0.1) is 11.7 Å². The monoisotopic (exact) mass is 443 g/mol. The molecule has 0 atom stereocenters. The molecule has 6 nitrogen and oxygen atoms in total. The molecule has 0 saturated heterocycles. The first kappa shape index (κ1) is 23.6. The summed E-state index contributed by atoms with van der Waals surface area (Å²) in [7, 11) is 0. The number of carboxylic acids is 1. The van der Waals surface area contributed by atoms with Gasteiger partial charge in [-0.1, -0.05) is 26.0 Å². The first-order valence-electron chi connectivity index (χ1n) is 11.0. The third-order valence-corrected chi connectivity index (χ3v) is 5.52. The van der Waals surface area contributed by atoms with E-state index in [1.54, 1.807) is 29.2 Å². The Hall–Kier alpha value is -3.09. The average molecular weight is 444 g/mol. The van der Waals surface area contributed by atoms with Crippen LogP contribution in [-0.2, 0) is 28.9 Å². The zero-order chi connectivity index (χ0) is 23.3. The van der Waals surface area contributed by atoms with Crippen molar-refractivity contribution in [2.45, 2.75) is 46.6 Å². The summed E-state index contributed by atoms with van der Waals surface area (Å²) in [6, 6.07) is 8.33. The predicted molar refractivity (Wildman–Crippen MR) is 119 cm³/mol. The molecule has 1 heterocycles. The average Bonchev–Trinajstić information content (AvgIpc) is 2.74. The predicted octanol–water partition coefficient (Wildman–Crippen LogP) is 5.06. The van der Waals surface area contributed by atoms with E-state index in [0.29, 0.717) is 60.1 Å². The van der Waals surface area contributed by atoms with E-state index in [1.807, 2.05) is 6.92 Å². The van der Waals surface area contributed by atoms with Gasteiger partial charge in [-0.25, -0.2) is 9.18 Å². The number of aliphatic carboxylic acids is 1. The second-order valence-electron chi connectivity index (χ2n) is 8.35. The molecule has 2 aromatic carbocycles. The molecule has 1 aliphatic heterocycles. The molecule has 3 rings (SSSR count). The Balaban J connectivity index is 1.97. The number of hydrogen-bond donors (Lipinski definition) is 1. The van der Waals surface area contributed by atoms with Crippen molar-refractivity contribution in [2.75, 3.05) is 19.8 Å². The minimum atomic E-state index is -0.934. The maximum absolute atomic E-state index is 14.6. The van der Waals surface area contributed by atoms with Crippen LogP contribution in [0.4, 0.5) is 9.18 Å². The van der Waals surface area contributed by atoms with Gasteiger partial charge in [0, 0.05) is 18.7 Å². The molecule has 0 fully saturated rings. The second kappa shape index (κ2) is 10.5. The Morgan fingerprint density at radius 2 is 1.94 bits per heavy atom. The highest BCUT2D eigenvalue weighted by molar-refractivity contribution is 5.78. The molecule has 1 N–H and O–H groups in total. The Labute approximate surface area is 187 Å². The summed E-state index contributed by atoms with van der Waals surface area (Å²) >= 11 is 0. The van der Waals surface area contributed by atoms with Gasteiger partial charge < -0.3 is 19.5 Å². The van der Waals surface area contributed by atoms with Crippen LogP contribution in [0.5, 0.6) is 5.75 Å². The van der Waals surface area contributed by atoms with Crippen LogP contribution in [-0.4, -0.2) is 41.8 Å². The normalized spacial score (nSPS) is 13.1. The molecule has 32 heavy (non-hydrogen) atoms. The Morgan fingerprint density at radius 1 is 1.16 bits per heavy atom. The van der Waals surface area contributed by atoms with Crippen molar-refractivity contribution in [3.8, 4) is 16.9 Å². The van der Waals surface area contributed by atoms with Crippen LogP contribution < -0.4 is 4.74 Å². The molecule has 0 bridgehead atoms. The van der Waals surface area contributed by atoms with E-state index < -0.39 is 12.1 Å². The van der Waals surface area contributed by atoms with Gasteiger partial charge in [0.15, 0.2) is 0 Å². The Bertz CT molecular complexity index is 989. The largest absolute Gasteiger partial charge is 0.493 e. The van der Waals surface area contributed by atoms with E-state index in [4.69, 9.17) is 9.47 Å². The zero-order valence-corrected chi connectivity index (χ0v) is 18.8. The third kappa shape index (κ3) is 5.58. The fourth-order valence-corrected chi connectivity index (χ4v) is 3.87. The summed E-state index contributed by atoms with van der Waals surface area (Å²) in [5.41, 5.74) is 3.31. The van der Waals surface area contributed by atoms with Crippen molar-refractivity contribution < 1.29 is 28.6 Å². The van der Waals surface area contributed by atoms with Crippen molar-refractivity contribution in [1.29, 1.82) is 0 Å². The van der Waals surface area contributed by atoms with Crippen molar-refractivity contribution in [3.05, 3.63) is 52.8 Å². The van der Waals surface area contributed by atoms with Crippen LogP contribution in [0.15, 0.2) is 30.3 Å². The van der Waals surface area contributed by atoms with Gasteiger partial charge in [-0.2, -0.15) is 0 Å². The van der Waals surface area contributed by atoms with Gasteiger partial charge in [0.1, 0.15) is 11.6 Å². The fraction of sp³-hybridized carbons (Fsp3) is 0.440. The van der Waals surface area contributed by atoms with E-state index >= 15 is 0 Å². The van der Waals surface area contributed by atoms with Crippen LogP contribution in [0.2, 0.25) is 0 Å². The Morgan fingerprint density at radius 3 is 2.62 bits per heavy atom. The van der Waals surface area contributed by atoms with Crippen LogP contribution in [0.1, 0.15) is 43.9 Å². The van der Waals surface area contributed by atoms with E-state index in [9.17, 15) is 19.1 Å². The molecule has 0 aliphatic carbocycles. The lowest BCUT2D eigenvalue weighted by molar-refractivity contribution is -0.136. The smallest absolute Gasteiger partial charge is 0.410 e. The number of rotatable bonds is 8. The molecular formula is C25H30FNO5. The standard InChI is InChI=1S/C25H30FNO5/c1-4-31-23-8-5-17(14-24(28)29)13-20(23)18-6-7-22(26)19-9-11-27(15-21(18)19)25(30)32-12-10-16(2)3/h5-8,13,16H,4,9-12,14-15H2,1-3H3,(H,28,29).